The maximum Gasteiger partial charge on any atom is 0.416 e. The fourth-order valence-electron chi connectivity index (χ4n) is 3.53. The van der Waals surface area contributed by atoms with Gasteiger partial charge in [0.1, 0.15) is 12.4 Å². The molecule has 1 aliphatic carbocycles. The van der Waals surface area contributed by atoms with Crippen LogP contribution in [0.15, 0.2) is 42.5 Å². The van der Waals surface area contributed by atoms with Crippen LogP contribution in [-0.4, -0.2) is 38.8 Å². The van der Waals surface area contributed by atoms with Crippen LogP contribution in [0.5, 0.6) is 5.75 Å². The van der Waals surface area contributed by atoms with E-state index in [2.05, 4.69) is 5.32 Å². The molecule has 1 saturated carbocycles. The molecule has 0 bridgehead atoms. The second-order valence-corrected chi connectivity index (χ2v) is 8.05. The second kappa shape index (κ2) is 10.4. The highest BCUT2D eigenvalue weighted by molar-refractivity contribution is 6.30. The Morgan fingerprint density at radius 1 is 1.09 bits per heavy atom. The lowest BCUT2D eigenvalue weighted by molar-refractivity contribution is -0.156. The van der Waals surface area contributed by atoms with Crippen molar-refractivity contribution >= 4 is 29.2 Å². The summed E-state index contributed by atoms with van der Waals surface area (Å²) in [5, 5.41) is 2.87. The lowest BCUT2D eigenvalue weighted by atomic mass is 9.64. The number of carbonyl (C=O) groups excluding carboxylic acids is 2. The first-order valence-electron chi connectivity index (χ1n) is 10.2. The third-order valence-corrected chi connectivity index (χ3v) is 5.71. The van der Waals surface area contributed by atoms with Gasteiger partial charge in [0.25, 0.3) is 5.91 Å². The van der Waals surface area contributed by atoms with Gasteiger partial charge < -0.3 is 19.5 Å². The fourth-order valence-corrected chi connectivity index (χ4v) is 3.66. The Kier molecular flexibility index (Phi) is 7.86. The highest BCUT2D eigenvalue weighted by Gasteiger charge is 2.47. The van der Waals surface area contributed by atoms with E-state index in [1.807, 2.05) is 0 Å². The molecule has 0 aromatic heterocycles. The lowest BCUT2D eigenvalue weighted by Crippen LogP contribution is -2.44. The molecular weight excluding hydrogens is 463 g/mol. The van der Waals surface area contributed by atoms with Crippen LogP contribution in [0.4, 0.5) is 18.9 Å². The van der Waals surface area contributed by atoms with Crippen molar-refractivity contribution in [3.05, 3.63) is 58.6 Å². The monoisotopic (exact) mass is 485 g/mol. The van der Waals surface area contributed by atoms with E-state index in [1.54, 1.807) is 24.3 Å². The van der Waals surface area contributed by atoms with Crippen molar-refractivity contribution < 1.29 is 37.0 Å². The zero-order valence-corrected chi connectivity index (χ0v) is 18.6. The Hall–Kier alpha value is -2.78. The fraction of sp³-hybridized carbons (Fsp3) is 0.391. The molecule has 178 valence electrons. The van der Waals surface area contributed by atoms with Gasteiger partial charge in [0.2, 0.25) is 0 Å². The number of halogens is 4. The molecule has 10 heteroatoms. The maximum atomic E-state index is 13.1. The van der Waals surface area contributed by atoms with Crippen LogP contribution in [0.3, 0.4) is 0 Å². The van der Waals surface area contributed by atoms with Crippen molar-refractivity contribution in [1.29, 1.82) is 0 Å². The molecule has 0 unspecified atom stereocenters. The molecule has 33 heavy (non-hydrogen) atoms. The molecule has 2 aromatic rings. The number of methoxy groups -OCH3 is 1. The first-order valence-corrected chi connectivity index (χ1v) is 10.6. The summed E-state index contributed by atoms with van der Waals surface area (Å²) in [7, 11) is 1.45. The number of ether oxygens (including phenoxy) is 3. The van der Waals surface area contributed by atoms with Crippen LogP contribution in [0.25, 0.3) is 0 Å². The predicted molar refractivity (Wildman–Crippen MR) is 115 cm³/mol. The summed E-state index contributed by atoms with van der Waals surface area (Å²) < 4.78 is 54.8. The zero-order valence-electron chi connectivity index (χ0n) is 17.8. The van der Waals surface area contributed by atoms with Gasteiger partial charge in [0.15, 0.2) is 6.61 Å². The third-order valence-electron chi connectivity index (χ3n) is 5.46. The van der Waals surface area contributed by atoms with Crippen molar-refractivity contribution in [2.24, 2.45) is 0 Å². The van der Waals surface area contributed by atoms with Gasteiger partial charge in [0, 0.05) is 12.1 Å². The van der Waals surface area contributed by atoms with Gasteiger partial charge in [-0.05, 0) is 48.7 Å². The standard InChI is InChI=1S/C23H23ClF3NO5/c1-31-11-12-32-19-8-5-16(23(25,26)27)13-18(19)28-20(29)14-33-21(30)22(9-2-10-22)15-3-6-17(24)7-4-15/h3-8,13H,2,9-12,14H2,1H3,(H,28,29). The van der Waals surface area contributed by atoms with Gasteiger partial charge in [-0.3, -0.25) is 9.59 Å². The van der Waals surface area contributed by atoms with E-state index in [-0.39, 0.29) is 24.7 Å². The Morgan fingerprint density at radius 3 is 2.36 bits per heavy atom. The van der Waals surface area contributed by atoms with E-state index in [1.165, 1.54) is 7.11 Å². The van der Waals surface area contributed by atoms with Crippen LogP contribution in [0.1, 0.15) is 30.4 Å². The number of amides is 1. The SMILES string of the molecule is COCCOc1ccc(C(F)(F)F)cc1NC(=O)COC(=O)C1(c2ccc(Cl)cc2)CCC1. The summed E-state index contributed by atoms with van der Waals surface area (Å²) in [5.74, 6) is -1.31. The number of alkyl halides is 3. The molecular formula is C23H23ClF3NO5. The first-order chi connectivity index (χ1) is 15.7. The smallest absolute Gasteiger partial charge is 0.416 e. The minimum absolute atomic E-state index is 0.0383. The highest BCUT2D eigenvalue weighted by atomic mass is 35.5. The van der Waals surface area contributed by atoms with Crippen LogP contribution >= 0.6 is 11.6 Å². The van der Waals surface area contributed by atoms with Crippen molar-refractivity contribution in [3.8, 4) is 5.75 Å². The van der Waals surface area contributed by atoms with Gasteiger partial charge in [-0.2, -0.15) is 13.2 Å². The van der Waals surface area contributed by atoms with Gasteiger partial charge >= 0.3 is 12.1 Å². The Morgan fingerprint density at radius 2 is 1.79 bits per heavy atom. The summed E-state index contributed by atoms with van der Waals surface area (Å²) in [4.78, 5) is 25.2. The topological polar surface area (TPSA) is 73.9 Å². The van der Waals surface area contributed by atoms with Crippen LogP contribution in [-0.2, 0) is 30.7 Å². The molecule has 1 aliphatic rings. The van der Waals surface area contributed by atoms with Crippen molar-refractivity contribution in [2.75, 3.05) is 32.2 Å². The average Bonchev–Trinajstić information content (AvgIpc) is 2.73. The summed E-state index contributed by atoms with van der Waals surface area (Å²) in [6.45, 7) is -0.371. The van der Waals surface area contributed by atoms with E-state index in [0.29, 0.717) is 17.9 Å². The molecule has 1 amide bonds. The quantitative estimate of drug-likeness (QED) is 0.400. The Labute approximate surface area is 194 Å². The molecule has 3 rings (SSSR count). The summed E-state index contributed by atoms with van der Waals surface area (Å²) in [5.41, 5.74) is -1.24. The third kappa shape index (κ3) is 5.97. The lowest BCUT2D eigenvalue weighted by Gasteiger charge is -2.39. The van der Waals surface area contributed by atoms with E-state index in [0.717, 1.165) is 30.2 Å². The number of anilines is 1. The number of rotatable bonds is 9. The molecule has 0 spiro atoms. The minimum Gasteiger partial charge on any atom is -0.489 e. The Balaban J connectivity index is 1.68. The molecule has 1 fully saturated rings. The van der Waals surface area contributed by atoms with E-state index >= 15 is 0 Å². The molecule has 0 aliphatic heterocycles. The average molecular weight is 486 g/mol. The summed E-state index contributed by atoms with van der Waals surface area (Å²) in [6.07, 6.45) is -2.64. The normalized spacial score (nSPS) is 14.8. The Bertz CT molecular complexity index is 991. The molecule has 1 N–H and O–H groups in total. The number of hydrogen-bond acceptors (Lipinski definition) is 5. The van der Waals surface area contributed by atoms with Crippen LogP contribution in [0.2, 0.25) is 5.02 Å². The van der Waals surface area contributed by atoms with E-state index < -0.39 is 35.6 Å². The summed E-state index contributed by atoms with van der Waals surface area (Å²) >= 11 is 5.92. The van der Waals surface area contributed by atoms with Crippen molar-refractivity contribution in [3.63, 3.8) is 0 Å². The van der Waals surface area contributed by atoms with Gasteiger partial charge in [-0.15, -0.1) is 0 Å². The molecule has 0 saturated heterocycles. The highest BCUT2D eigenvalue weighted by Crippen LogP contribution is 2.45. The van der Waals surface area contributed by atoms with E-state index in [9.17, 15) is 22.8 Å². The molecule has 6 nitrogen and oxygen atoms in total. The van der Waals surface area contributed by atoms with Gasteiger partial charge in [0.05, 0.1) is 23.3 Å². The minimum atomic E-state index is -4.60. The van der Waals surface area contributed by atoms with Crippen molar-refractivity contribution in [1.82, 2.24) is 0 Å². The molecule has 0 atom stereocenters. The van der Waals surface area contributed by atoms with Gasteiger partial charge in [-0.25, -0.2) is 0 Å². The predicted octanol–water partition coefficient (Wildman–Crippen LogP) is 4.99. The molecule has 0 radical (unpaired) electrons. The second-order valence-electron chi connectivity index (χ2n) is 7.62. The van der Waals surface area contributed by atoms with Crippen LogP contribution < -0.4 is 10.1 Å². The zero-order chi connectivity index (χ0) is 24.1. The van der Waals surface area contributed by atoms with E-state index in [4.69, 9.17) is 25.8 Å². The number of nitrogens with one attached hydrogen (secondary N) is 1. The number of benzene rings is 2. The number of carbonyl (C=O) groups is 2. The molecule has 0 heterocycles. The maximum absolute atomic E-state index is 13.1. The molecule has 2 aromatic carbocycles. The van der Waals surface area contributed by atoms with Crippen LogP contribution in [0, 0.1) is 0 Å². The van der Waals surface area contributed by atoms with Gasteiger partial charge in [-0.1, -0.05) is 30.2 Å². The summed E-state index contributed by atoms with van der Waals surface area (Å²) in [6, 6.07) is 9.58. The largest absolute Gasteiger partial charge is 0.489 e. The van der Waals surface area contributed by atoms with Crippen molar-refractivity contribution in [2.45, 2.75) is 30.9 Å². The first kappa shape index (κ1) is 24.9. The number of esters is 1. The number of hydrogen-bond donors (Lipinski definition) is 1.